The van der Waals surface area contributed by atoms with E-state index in [1.54, 1.807) is 54.5 Å². The van der Waals surface area contributed by atoms with Gasteiger partial charge < -0.3 is 9.84 Å². The summed E-state index contributed by atoms with van der Waals surface area (Å²) in [5, 5.41) is 10.0. The quantitative estimate of drug-likeness (QED) is 0.794. The van der Waals surface area contributed by atoms with E-state index in [1.165, 1.54) is 0 Å². The zero-order chi connectivity index (χ0) is 19.1. The average molecular weight is 339 g/mol. The summed E-state index contributed by atoms with van der Waals surface area (Å²) in [6, 6.07) is 0. The molecule has 1 heterocycles. The van der Waals surface area contributed by atoms with Gasteiger partial charge in [0, 0.05) is 0 Å². The minimum Gasteiger partial charge on any atom is -0.479 e. The number of allylic oxidation sites excluding steroid dienone is 1. The van der Waals surface area contributed by atoms with E-state index in [0.29, 0.717) is 0 Å². The second-order valence-electron chi connectivity index (χ2n) is 8.77. The first-order chi connectivity index (χ1) is 10.6. The fourth-order valence-corrected chi connectivity index (χ4v) is 3.28. The van der Waals surface area contributed by atoms with Crippen molar-refractivity contribution in [2.45, 2.75) is 72.4 Å². The van der Waals surface area contributed by atoms with Gasteiger partial charge in [0.1, 0.15) is 5.60 Å². The lowest BCUT2D eigenvalue weighted by atomic mass is 9.67. The van der Waals surface area contributed by atoms with Gasteiger partial charge in [-0.05, 0) is 39.0 Å². The molecule has 1 N–H and O–H groups in total. The highest BCUT2D eigenvalue weighted by molar-refractivity contribution is 6.04. The molecule has 2 atom stereocenters. The fourth-order valence-electron chi connectivity index (χ4n) is 3.28. The number of carbonyl (C=O) groups is 3. The third kappa shape index (κ3) is 3.19. The van der Waals surface area contributed by atoms with E-state index in [0.717, 1.165) is 4.90 Å². The van der Waals surface area contributed by atoms with Crippen LogP contribution in [-0.4, -0.2) is 39.1 Å². The number of imide groups is 1. The van der Waals surface area contributed by atoms with Crippen molar-refractivity contribution in [2.24, 2.45) is 10.8 Å². The third-order valence-electron chi connectivity index (χ3n) is 4.51. The molecule has 1 unspecified atom stereocenters. The Balaban J connectivity index is 3.57. The maximum absolute atomic E-state index is 13.0. The Morgan fingerprint density at radius 3 is 2.12 bits per heavy atom. The van der Waals surface area contributed by atoms with E-state index in [1.807, 2.05) is 0 Å². The molecule has 1 aliphatic rings. The number of aliphatic carboxylic acids is 1. The van der Waals surface area contributed by atoms with Crippen LogP contribution >= 0.6 is 0 Å². The van der Waals surface area contributed by atoms with Crippen molar-refractivity contribution in [3.8, 4) is 0 Å². The summed E-state index contributed by atoms with van der Waals surface area (Å²) in [5.41, 5.74) is -4.39. The molecule has 0 spiro atoms. The van der Waals surface area contributed by atoms with Crippen LogP contribution in [0, 0.1) is 10.8 Å². The van der Waals surface area contributed by atoms with Crippen LogP contribution in [-0.2, 0) is 14.3 Å². The predicted octanol–water partition coefficient (Wildman–Crippen LogP) is 3.61. The van der Waals surface area contributed by atoms with Crippen LogP contribution in [0.5, 0.6) is 0 Å². The lowest BCUT2D eigenvalue weighted by molar-refractivity contribution is -0.161. The van der Waals surface area contributed by atoms with Gasteiger partial charge in [0.25, 0.3) is 0 Å². The molecule has 0 aromatic heterocycles. The van der Waals surface area contributed by atoms with E-state index in [-0.39, 0.29) is 12.8 Å². The lowest BCUT2D eigenvalue weighted by Gasteiger charge is -2.43. The summed E-state index contributed by atoms with van der Waals surface area (Å²) >= 11 is 0. The van der Waals surface area contributed by atoms with Crippen LogP contribution in [0.25, 0.3) is 0 Å². The summed E-state index contributed by atoms with van der Waals surface area (Å²) in [6.07, 6.45) is 0.961. The van der Waals surface area contributed by atoms with Gasteiger partial charge in [-0.25, -0.2) is 14.5 Å². The van der Waals surface area contributed by atoms with Crippen molar-refractivity contribution < 1.29 is 24.2 Å². The molecule has 0 aromatic carbocycles. The Morgan fingerprint density at radius 2 is 1.79 bits per heavy atom. The highest BCUT2D eigenvalue weighted by atomic mass is 16.6. The maximum Gasteiger partial charge on any atom is 0.418 e. The molecule has 6 heteroatoms. The van der Waals surface area contributed by atoms with E-state index >= 15 is 0 Å². The van der Waals surface area contributed by atoms with Gasteiger partial charge in [-0.2, -0.15) is 0 Å². The molecule has 0 aliphatic carbocycles. The van der Waals surface area contributed by atoms with Crippen molar-refractivity contribution in [3.63, 3.8) is 0 Å². The fraction of sp³-hybridized carbons (Fsp3) is 0.722. The smallest absolute Gasteiger partial charge is 0.418 e. The van der Waals surface area contributed by atoms with Crippen molar-refractivity contribution >= 4 is 18.0 Å². The second-order valence-corrected chi connectivity index (χ2v) is 8.77. The Morgan fingerprint density at radius 1 is 1.29 bits per heavy atom. The van der Waals surface area contributed by atoms with Crippen LogP contribution in [0.2, 0.25) is 0 Å². The average Bonchev–Trinajstić information content (AvgIpc) is 2.57. The SMILES string of the molecule is C=CCC1(C)C[C@](C(=O)O)(C(C)(C)C)N(C(=O)OC(C)(C)C)C1=O. The van der Waals surface area contributed by atoms with Gasteiger partial charge in [-0.3, -0.25) is 4.79 Å². The minimum atomic E-state index is -1.68. The standard InChI is InChI=1S/C18H29NO5/c1-9-10-17(8)11-18(13(21)22,15(2,3)4)19(12(17)20)14(23)24-16(5,6)7/h9H,1,10-11H2,2-8H3,(H,21,22)/t17?,18-/m0/s1. The molecule has 0 saturated carbocycles. The zero-order valence-corrected chi connectivity index (χ0v) is 15.7. The second kappa shape index (κ2) is 5.90. The summed E-state index contributed by atoms with van der Waals surface area (Å²) in [7, 11) is 0. The first-order valence-electron chi connectivity index (χ1n) is 8.04. The summed E-state index contributed by atoms with van der Waals surface area (Å²) in [5.74, 6) is -1.74. The van der Waals surface area contributed by atoms with Crippen LogP contribution in [0.1, 0.15) is 61.3 Å². The summed E-state index contributed by atoms with van der Waals surface area (Å²) in [4.78, 5) is 38.8. The van der Waals surface area contributed by atoms with Crippen LogP contribution < -0.4 is 0 Å². The lowest BCUT2D eigenvalue weighted by Crippen LogP contribution is -2.62. The molecule has 2 amide bonds. The number of carbonyl (C=O) groups excluding carboxylic acids is 2. The number of ether oxygens (including phenoxy) is 1. The van der Waals surface area contributed by atoms with E-state index in [2.05, 4.69) is 6.58 Å². The summed E-state index contributed by atoms with van der Waals surface area (Å²) in [6.45, 7) is 15.5. The molecular weight excluding hydrogens is 310 g/mol. The minimum absolute atomic E-state index is 0.0168. The highest BCUT2D eigenvalue weighted by Crippen LogP contribution is 2.53. The molecule has 0 aromatic rings. The predicted molar refractivity (Wildman–Crippen MR) is 90.4 cm³/mol. The Bertz CT molecular complexity index is 569. The molecule has 1 fully saturated rings. The van der Waals surface area contributed by atoms with Gasteiger partial charge in [0.15, 0.2) is 5.54 Å². The van der Waals surface area contributed by atoms with E-state index < -0.39 is 39.9 Å². The number of carboxylic acid groups (broad SMARTS) is 1. The van der Waals surface area contributed by atoms with Crippen LogP contribution in [0.15, 0.2) is 12.7 Å². The van der Waals surface area contributed by atoms with Crippen molar-refractivity contribution in [2.75, 3.05) is 0 Å². The van der Waals surface area contributed by atoms with Gasteiger partial charge in [0.05, 0.1) is 5.41 Å². The van der Waals surface area contributed by atoms with E-state index in [4.69, 9.17) is 4.74 Å². The normalized spacial score (nSPS) is 28.0. The van der Waals surface area contributed by atoms with E-state index in [9.17, 15) is 19.5 Å². The first-order valence-corrected chi connectivity index (χ1v) is 8.04. The molecular formula is C18H29NO5. The number of amides is 2. The molecule has 1 aliphatic heterocycles. The monoisotopic (exact) mass is 339 g/mol. The number of nitrogens with zero attached hydrogens (tertiary/aromatic N) is 1. The largest absolute Gasteiger partial charge is 0.479 e. The number of hydrogen-bond acceptors (Lipinski definition) is 4. The van der Waals surface area contributed by atoms with Gasteiger partial charge in [-0.15, -0.1) is 6.58 Å². The third-order valence-corrected chi connectivity index (χ3v) is 4.51. The van der Waals surface area contributed by atoms with Gasteiger partial charge in [-0.1, -0.05) is 33.8 Å². The number of carboxylic acids is 1. The first kappa shape index (κ1) is 20.2. The number of hydrogen-bond donors (Lipinski definition) is 1. The van der Waals surface area contributed by atoms with Crippen molar-refractivity contribution in [3.05, 3.63) is 12.7 Å². The summed E-state index contributed by atoms with van der Waals surface area (Å²) < 4.78 is 5.34. The van der Waals surface area contributed by atoms with Crippen molar-refractivity contribution in [1.29, 1.82) is 0 Å². The van der Waals surface area contributed by atoms with Gasteiger partial charge in [0.2, 0.25) is 5.91 Å². The maximum atomic E-state index is 13.0. The van der Waals surface area contributed by atoms with Crippen molar-refractivity contribution in [1.82, 2.24) is 4.90 Å². The molecule has 136 valence electrons. The van der Waals surface area contributed by atoms with Crippen LogP contribution in [0.3, 0.4) is 0 Å². The Kier molecular flexibility index (Phi) is 4.96. The molecule has 1 saturated heterocycles. The molecule has 0 radical (unpaired) electrons. The zero-order valence-electron chi connectivity index (χ0n) is 15.7. The highest BCUT2D eigenvalue weighted by Gasteiger charge is 2.68. The Hall–Kier alpha value is -1.85. The number of rotatable bonds is 3. The topological polar surface area (TPSA) is 83.9 Å². The molecule has 1 rings (SSSR count). The Labute approximate surface area is 143 Å². The van der Waals surface area contributed by atoms with Gasteiger partial charge >= 0.3 is 12.1 Å². The number of likely N-dealkylation sites (tertiary alicyclic amines) is 1. The molecule has 6 nitrogen and oxygen atoms in total. The molecule has 0 bridgehead atoms. The van der Waals surface area contributed by atoms with Crippen LogP contribution in [0.4, 0.5) is 4.79 Å². The molecule has 24 heavy (non-hydrogen) atoms.